The van der Waals surface area contributed by atoms with Crippen molar-refractivity contribution in [2.24, 2.45) is 0 Å². The van der Waals surface area contributed by atoms with E-state index in [1.54, 1.807) is 0 Å². The summed E-state index contributed by atoms with van der Waals surface area (Å²) in [5, 5.41) is 3.64. The number of aromatic nitrogens is 1. The maximum atomic E-state index is 4.05. The van der Waals surface area contributed by atoms with Crippen molar-refractivity contribution in [2.75, 3.05) is 26.2 Å². The predicted molar refractivity (Wildman–Crippen MR) is 80.3 cm³/mol. The van der Waals surface area contributed by atoms with Gasteiger partial charge in [-0.25, -0.2) is 0 Å². The fraction of sp³-hybridized carbons (Fsp3) is 0.688. The lowest BCUT2D eigenvalue weighted by atomic mass is 10.1. The van der Waals surface area contributed by atoms with Gasteiger partial charge < -0.3 is 10.2 Å². The second kappa shape index (κ2) is 8.28. The van der Waals surface area contributed by atoms with Crippen molar-refractivity contribution in [1.29, 1.82) is 0 Å². The molecule has 1 saturated heterocycles. The van der Waals surface area contributed by atoms with Gasteiger partial charge in [-0.2, -0.15) is 0 Å². The highest BCUT2D eigenvalue weighted by molar-refractivity contribution is 5.09. The van der Waals surface area contributed by atoms with Gasteiger partial charge in [-0.1, -0.05) is 6.42 Å². The Labute approximate surface area is 117 Å². The Bertz CT molecular complexity index is 333. The summed E-state index contributed by atoms with van der Waals surface area (Å²) in [6.45, 7) is 7.21. The Balaban J connectivity index is 1.55. The van der Waals surface area contributed by atoms with Crippen LogP contribution in [0.4, 0.5) is 0 Å². The van der Waals surface area contributed by atoms with Gasteiger partial charge in [-0.15, -0.1) is 0 Å². The summed E-state index contributed by atoms with van der Waals surface area (Å²) in [5.41, 5.74) is 1.39. The Morgan fingerprint density at radius 3 is 2.68 bits per heavy atom. The summed E-state index contributed by atoms with van der Waals surface area (Å²) >= 11 is 0. The van der Waals surface area contributed by atoms with E-state index in [1.807, 2.05) is 12.4 Å². The number of aryl methyl sites for hydroxylation is 1. The van der Waals surface area contributed by atoms with Gasteiger partial charge >= 0.3 is 0 Å². The molecule has 3 nitrogen and oxygen atoms in total. The van der Waals surface area contributed by atoms with E-state index in [-0.39, 0.29) is 0 Å². The van der Waals surface area contributed by atoms with Crippen LogP contribution in [0.1, 0.15) is 38.2 Å². The highest BCUT2D eigenvalue weighted by Gasteiger charge is 2.12. The first-order chi connectivity index (χ1) is 9.34. The van der Waals surface area contributed by atoms with Gasteiger partial charge in [0.1, 0.15) is 0 Å². The summed E-state index contributed by atoms with van der Waals surface area (Å²) in [4.78, 5) is 6.65. The van der Waals surface area contributed by atoms with E-state index in [0.717, 1.165) is 13.0 Å². The highest BCUT2D eigenvalue weighted by Crippen LogP contribution is 2.08. The van der Waals surface area contributed by atoms with Crippen LogP contribution in [-0.2, 0) is 6.42 Å². The topological polar surface area (TPSA) is 28.2 Å². The number of nitrogens with zero attached hydrogens (tertiary/aromatic N) is 2. The van der Waals surface area contributed by atoms with E-state index >= 15 is 0 Å². The second-order valence-electron chi connectivity index (χ2n) is 5.68. The van der Waals surface area contributed by atoms with Crippen LogP contribution in [0, 0.1) is 0 Å². The van der Waals surface area contributed by atoms with Crippen LogP contribution in [0.25, 0.3) is 0 Å². The Hall–Kier alpha value is -0.930. The van der Waals surface area contributed by atoms with Gasteiger partial charge in [-0.05, 0) is 69.9 Å². The molecule has 1 aliphatic rings. The largest absolute Gasteiger partial charge is 0.313 e. The summed E-state index contributed by atoms with van der Waals surface area (Å²) in [7, 11) is 0. The molecule has 1 unspecified atom stereocenters. The van der Waals surface area contributed by atoms with Gasteiger partial charge in [0.2, 0.25) is 0 Å². The molecule has 19 heavy (non-hydrogen) atoms. The zero-order valence-electron chi connectivity index (χ0n) is 12.1. The first-order valence-electron chi connectivity index (χ1n) is 7.69. The third-order valence-corrected chi connectivity index (χ3v) is 3.87. The SMILES string of the molecule is CC(CN1CCCCC1)NCCCc1ccncc1. The van der Waals surface area contributed by atoms with Gasteiger partial charge in [-0.3, -0.25) is 4.98 Å². The number of piperidine rings is 1. The highest BCUT2D eigenvalue weighted by atomic mass is 15.1. The van der Waals surface area contributed by atoms with Crippen LogP contribution >= 0.6 is 0 Å². The van der Waals surface area contributed by atoms with Crippen molar-refractivity contribution >= 4 is 0 Å². The first-order valence-corrected chi connectivity index (χ1v) is 7.69. The molecule has 3 heteroatoms. The first kappa shape index (κ1) is 14.5. The quantitative estimate of drug-likeness (QED) is 0.764. The lowest BCUT2D eigenvalue weighted by Crippen LogP contribution is -2.41. The normalized spacial score (nSPS) is 18.4. The molecule has 2 rings (SSSR count). The maximum absolute atomic E-state index is 4.05. The van der Waals surface area contributed by atoms with Gasteiger partial charge in [0.05, 0.1) is 0 Å². The standard InChI is InChI=1S/C16H27N3/c1-15(14-19-12-3-2-4-13-19)18-9-5-6-16-7-10-17-11-8-16/h7-8,10-11,15,18H,2-6,9,12-14H2,1H3. The van der Waals surface area contributed by atoms with E-state index in [1.165, 1.54) is 50.9 Å². The Kier molecular flexibility index (Phi) is 6.31. The van der Waals surface area contributed by atoms with Crippen molar-refractivity contribution < 1.29 is 0 Å². The molecule has 106 valence electrons. The zero-order valence-corrected chi connectivity index (χ0v) is 12.1. The average Bonchev–Trinajstić information content (AvgIpc) is 2.46. The molecule has 0 aromatic carbocycles. The Morgan fingerprint density at radius 2 is 1.95 bits per heavy atom. The number of nitrogens with one attached hydrogen (secondary N) is 1. The Morgan fingerprint density at radius 1 is 1.21 bits per heavy atom. The molecule has 0 aliphatic carbocycles. The van der Waals surface area contributed by atoms with Crippen LogP contribution in [0.15, 0.2) is 24.5 Å². The molecule has 0 bridgehead atoms. The summed E-state index contributed by atoms with van der Waals surface area (Å²) in [6, 6.07) is 4.82. The molecule has 1 aromatic rings. The monoisotopic (exact) mass is 261 g/mol. The molecule has 1 fully saturated rings. The fourth-order valence-corrected chi connectivity index (χ4v) is 2.78. The summed E-state index contributed by atoms with van der Waals surface area (Å²) < 4.78 is 0. The minimum atomic E-state index is 0.607. The van der Waals surface area contributed by atoms with Crippen molar-refractivity contribution in [1.82, 2.24) is 15.2 Å². The smallest absolute Gasteiger partial charge is 0.0270 e. The second-order valence-corrected chi connectivity index (χ2v) is 5.68. The maximum Gasteiger partial charge on any atom is 0.0270 e. The van der Waals surface area contributed by atoms with Crippen molar-refractivity contribution in [2.45, 2.75) is 45.1 Å². The number of pyridine rings is 1. The predicted octanol–water partition coefficient (Wildman–Crippen LogP) is 2.48. The van der Waals surface area contributed by atoms with Crippen LogP contribution in [0.5, 0.6) is 0 Å². The molecule has 2 heterocycles. The van der Waals surface area contributed by atoms with E-state index in [0.29, 0.717) is 6.04 Å². The van der Waals surface area contributed by atoms with Crippen LogP contribution in [0.2, 0.25) is 0 Å². The number of rotatable bonds is 7. The number of likely N-dealkylation sites (tertiary alicyclic amines) is 1. The molecule has 1 N–H and O–H groups in total. The fourth-order valence-electron chi connectivity index (χ4n) is 2.78. The average molecular weight is 261 g/mol. The van der Waals surface area contributed by atoms with Gasteiger partial charge in [0.25, 0.3) is 0 Å². The minimum absolute atomic E-state index is 0.607. The van der Waals surface area contributed by atoms with Gasteiger partial charge in [0, 0.05) is 25.0 Å². The lowest BCUT2D eigenvalue weighted by Gasteiger charge is -2.29. The third kappa shape index (κ3) is 5.70. The van der Waals surface area contributed by atoms with Crippen molar-refractivity contribution in [3.8, 4) is 0 Å². The van der Waals surface area contributed by atoms with Gasteiger partial charge in [0.15, 0.2) is 0 Å². The van der Waals surface area contributed by atoms with Crippen molar-refractivity contribution in [3.63, 3.8) is 0 Å². The van der Waals surface area contributed by atoms with E-state index in [4.69, 9.17) is 0 Å². The van der Waals surface area contributed by atoms with E-state index in [2.05, 4.69) is 34.3 Å². The molecule has 1 aromatic heterocycles. The molecular weight excluding hydrogens is 234 g/mol. The van der Waals surface area contributed by atoms with E-state index < -0.39 is 0 Å². The molecule has 0 radical (unpaired) electrons. The number of hydrogen-bond donors (Lipinski definition) is 1. The molecule has 0 amide bonds. The van der Waals surface area contributed by atoms with Crippen LogP contribution in [-0.4, -0.2) is 42.1 Å². The molecule has 1 aliphatic heterocycles. The van der Waals surface area contributed by atoms with Crippen LogP contribution in [0.3, 0.4) is 0 Å². The lowest BCUT2D eigenvalue weighted by molar-refractivity contribution is 0.209. The molecule has 1 atom stereocenters. The summed E-state index contributed by atoms with van der Waals surface area (Å²) in [6.07, 6.45) is 10.3. The third-order valence-electron chi connectivity index (χ3n) is 3.87. The van der Waals surface area contributed by atoms with E-state index in [9.17, 15) is 0 Å². The number of hydrogen-bond acceptors (Lipinski definition) is 3. The molecule has 0 spiro atoms. The minimum Gasteiger partial charge on any atom is -0.313 e. The summed E-state index contributed by atoms with van der Waals surface area (Å²) in [5.74, 6) is 0. The zero-order chi connectivity index (χ0) is 13.3. The molecule has 0 saturated carbocycles. The molecular formula is C16H27N3. The van der Waals surface area contributed by atoms with Crippen molar-refractivity contribution in [3.05, 3.63) is 30.1 Å². The van der Waals surface area contributed by atoms with Crippen LogP contribution < -0.4 is 5.32 Å².